The van der Waals surface area contributed by atoms with Crippen LogP contribution in [-0.4, -0.2) is 35.6 Å². The summed E-state index contributed by atoms with van der Waals surface area (Å²) in [6, 6.07) is 6.02. The number of aromatic carboxylic acids is 1. The topological polar surface area (TPSA) is 88.5 Å². The number of benzene rings is 1. The van der Waals surface area contributed by atoms with Crippen molar-refractivity contribution in [2.45, 2.75) is 44.4 Å². The summed E-state index contributed by atoms with van der Waals surface area (Å²) in [5.74, 6) is -0.198. The van der Waals surface area contributed by atoms with Gasteiger partial charge in [0.25, 0.3) is 0 Å². The predicted octanol–water partition coefficient (Wildman–Crippen LogP) is 3.33. The molecule has 0 aliphatic heterocycles. The van der Waals surface area contributed by atoms with Gasteiger partial charge in [-0.25, -0.2) is 9.78 Å². The molecule has 0 unspecified atom stereocenters. The van der Waals surface area contributed by atoms with Crippen LogP contribution in [-0.2, 0) is 16.6 Å². The minimum atomic E-state index is -1.03. The fraction of sp³-hybridized carbons (Fsp3) is 0.450. The van der Waals surface area contributed by atoms with Crippen LogP contribution >= 0.6 is 11.3 Å². The van der Waals surface area contributed by atoms with Gasteiger partial charge in [-0.15, -0.1) is 11.3 Å². The SMILES string of the molecule is COc1cc(C2(C(=O)NCCc3nc(C(=O)O)cs3)CCCC2)ccc1C. The highest BCUT2D eigenvalue weighted by Crippen LogP contribution is 2.42. The largest absolute Gasteiger partial charge is 0.496 e. The van der Waals surface area contributed by atoms with E-state index in [0.717, 1.165) is 42.6 Å². The Kier molecular flexibility index (Phi) is 5.79. The molecule has 1 aromatic carbocycles. The van der Waals surface area contributed by atoms with E-state index in [1.54, 1.807) is 7.11 Å². The number of aryl methyl sites for hydroxylation is 1. The van der Waals surface area contributed by atoms with Gasteiger partial charge in [0.15, 0.2) is 5.69 Å². The molecule has 2 N–H and O–H groups in total. The minimum Gasteiger partial charge on any atom is -0.496 e. The molecular formula is C20H24N2O4S. The van der Waals surface area contributed by atoms with E-state index >= 15 is 0 Å². The van der Waals surface area contributed by atoms with Gasteiger partial charge in [-0.2, -0.15) is 0 Å². The number of aromatic nitrogens is 1. The van der Waals surface area contributed by atoms with E-state index in [1.165, 1.54) is 16.7 Å². The van der Waals surface area contributed by atoms with Crippen LogP contribution in [0.1, 0.15) is 52.3 Å². The molecule has 1 aliphatic rings. The number of ether oxygens (including phenoxy) is 1. The van der Waals surface area contributed by atoms with E-state index in [1.807, 2.05) is 25.1 Å². The number of nitrogens with zero attached hydrogens (tertiary/aromatic N) is 1. The smallest absolute Gasteiger partial charge is 0.355 e. The van der Waals surface area contributed by atoms with Gasteiger partial charge in [-0.1, -0.05) is 25.0 Å². The molecule has 1 aliphatic carbocycles. The van der Waals surface area contributed by atoms with Crippen molar-refractivity contribution < 1.29 is 19.4 Å². The van der Waals surface area contributed by atoms with Crippen molar-refractivity contribution >= 4 is 23.2 Å². The molecule has 1 saturated carbocycles. The molecule has 1 fully saturated rings. The van der Waals surface area contributed by atoms with Crippen LogP contribution in [0.5, 0.6) is 5.75 Å². The lowest BCUT2D eigenvalue weighted by Crippen LogP contribution is -2.43. The lowest BCUT2D eigenvalue weighted by molar-refractivity contribution is -0.126. The molecular weight excluding hydrogens is 364 g/mol. The second-order valence-corrected chi connectivity index (χ2v) is 7.85. The molecule has 0 saturated heterocycles. The molecule has 144 valence electrons. The zero-order chi connectivity index (χ0) is 19.4. The van der Waals surface area contributed by atoms with E-state index in [0.29, 0.717) is 18.0 Å². The minimum absolute atomic E-state index is 0.0286. The van der Waals surface area contributed by atoms with Crippen LogP contribution in [0.2, 0.25) is 0 Å². The Labute approximate surface area is 162 Å². The van der Waals surface area contributed by atoms with E-state index in [-0.39, 0.29) is 11.6 Å². The van der Waals surface area contributed by atoms with Crippen molar-refractivity contribution in [2.75, 3.05) is 13.7 Å². The summed E-state index contributed by atoms with van der Waals surface area (Å²) in [6.45, 7) is 2.43. The third-order valence-corrected chi connectivity index (χ3v) is 6.16. The first-order valence-electron chi connectivity index (χ1n) is 9.07. The molecule has 27 heavy (non-hydrogen) atoms. The maximum absolute atomic E-state index is 13.1. The van der Waals surface area contributed by atoms with E-state index in [2.05, 4.69) is 10.3 Å². The number of nitrogens with one attached hydrogen (secondary N) is 1. The Hall–Kier alpha value is -2.41. The lowest BCUT2D eigenvalue weighted by Gasteiger charge is -2.29. The quantitative estimate of drug-likeness (QED) is 0.759. The summed E-state index contributed by atoms with van der Waals surface area (Å²) < 4.78 is 5.44. The number of carbonyl (C=O) groups excluding carboxylic acids is 1. The zero-order valence-electron chi connectivity index (χ0n) is 15.6. The van der Waals surface area contributed by atoms with Gasteiger partial charge in [-0.05, 0) is 37.0 Å². The Morgan fingerprint density at radius 3 is 2.70 bits per heavy atom. The van der Waals surface area contributed by atoms with Crippen LogP contribution in [0.4, 0.5) is 0 Å². The third kappa shape index (κ3) is 3.98. The molecule has 0 spiro atoms. The van der Waals surface area contributed by atoms with Crippen molar-refractivity contribution in [2.24, 2.45) is 0 Å². The zero-order valence-corrected chi connectivity index (χ0v) is 16.4. The van der Waals surface area contributed by atoms with Crippen molar-refractivity contribution in [3.05, 3.63) is 45.4 Å². The summed E-state index contributed by atoms with van der Waals surface area (Å²) in [5.41, 5.74) is 1.59. The first-order chi connectivity index (χ1) is 13.0. The summed E-state index contributed by atoms with van der Waals surface area (Å²) in [6.07, 6.45) is 4.23. The highest BCUT2D eigenvalue weighted by molar-refractivity contribution is 7.09. The second-order valence-electron chi connectivity index (χ2n) is 6.91. The predicted molar refractivity (Wildman–Crippen MR) is 104 cm³/mol. The Morgan fingerprint density at radius 2 is 2.07 bits per heavy atom. The normalized spacial score (nSPS) is 15.5. The molecule has 0 atom stereocenters. The van der Waals surface area contributed by atoms with Crippen LogP contribution in [0.3, 0.4) is 0 Å². The molecule has 2 aromatic rings. The first kappa shape index (κ1) is 19.4. The molecule has 1 aromatic heterocycles. The van der Waals surface area contributed by atoms with Crippen molar-refractivity contribution in [3.63, 3.8) is 0 Å². The van der Waals surface area contributed by atoms with Crippen LogP contribution in [0.25, 0.3) is 0 Å². The molecule has 0 radical (unpaired) electrons. The number of carboxylic acids is 1. The molecule has 6 nitrogen and oxygen atoms in total. The van der Waals surface area contributed by atoms with Gasteiger partial charge in [0.1, 0.15) is 5.75 Å². The highest BCUT2D eigenvalue weighted by atomic mass is 32.1. The van der Waals surface area contributed by atoms with Gasteiger partial charge in [-0.3, -0.25) is 4.79 Å². The van der Waals surface area contributed by atoms with Gasteiger partial charge in [0.2, 0.25) is 5.91 Å². The monoisotopic (exact) mass is 388 g/mol. The fourth-order valence-corrected chi connectivity index (χ4v) is 4.49. The fourth-order valence-electron chi connectivity index (χ4n) is 3.72. The molecule has 0 bridgehead atoms. The number of hydrogen-bond donors (Lipinski definition) is 2. The van der Waals surface area contributed by atoms with Crippen LogP contribution in [0.15, 0.2) is 23.6 Å². The van der Waals surface area contributed by atoms with E-state index in [9.17, 15) is 9.59 Å². The van der Waals surface area contributed by atoms with E-state index in [4.69, 9.17) is 9.84 Å². The van der Waals surface area contributed by atoms with Crippen LogP contribution < -0.4 is 10.1 Å². The number of amides is 1. The third-order valence-electron chi connectivity index (χ3n) is 5.25. The second kappa shape index (κ2) is 8.08. The Balaban J connectivity index is 1.70. The van der Waals surface area contributed by atoms with Gasteiger partial charge in [0.05, 0.1) is 17.5 Å². The van der Waals surface area contributed by atoms with Crippen molar-refractivity contribution in [1.82, 2.24) is 10.3 Å². The highest BCUT2D eigenvalue weighted by Gasteiger charge is 2.42. The average Bonchev–Trinajstić information content (AvgIpc) is 3.32. The number of rotatable bonds is 7. The van der Waals surface area contributed by atoms with Crippen molar-refractivity contribution in [3.8, 4) is 5.75 Å². The number of carboxylic acid groups (broad SMARTS) is 1. The van der Waals surface area contributed by atoms with E-state index < -0.39 is 11.4 Å². The molecule has 1 amide bonds. The average molecular weight is 388 g/mol. The number of methoxy groups -OCH3 is 1. The Bertz CT molecular complexity index is 840. The Morgan fingerprint density at radius 1 is 1.33 bits per heavy atom. The van der Waals surface area contributed by atoms with Gasteiger partial charge >= 0.3 is 5.97 Å². The maximum atomic E-state index is 13.1. The summed E-state index contributed by atoms with van der Waals surface area (Å²) >= 11 is 1.30. The van der Waals surface area contributed by atoms with Crippen molar-refractivity contribution in [1.29, 1.82) is 0 Å². The molecule has 1 heterocycles. The van der Waals surface area contributed by atoms with Gasteiger partial charge in [0, 0.05) is 18.3 Å². The van der Waals surface area contributed by atoms with Gasteiger partial charge < -0.3 is 15.2 Å². The molecule has 7 heteroatoms. The number of thiazole rings is 1. The number of hydrogen-bond acceptors (Lipinski definition) is 5. The maximum Gasteiger partial charge on any atom is 0.355 e. The first-order valence-corrected chi connectivity index (χ1v) is 9.95. The standard InChI is InChI=1S/C20H24N2O4S/c1-13-5-6-14(11-16(13)26-2)20(8-3-4-9-20)19(25)21-10-7-17-22-15(12-27-17)18(23)24/h5-6,11-12H,3-4,7-10H2,1-2H3,(H,21,25)(H,23,24). The summed E-state index contributed by atoms with van der Waals surface area (Å²) in [5, 5.41) is 14.2. The lowest BCUT2D eigenvalue weighted by atomic mass is 9.77. The summed E-state index contributed by atoms with van der Waals surface area (Å²) in [7, 11) is 1.65. The van der Waals surface area contributed by atoms with Crippen LogP contribution in [0, 0.1) is 6.92 Å². The molecule has 3 rings (SSSR count). The summed E-state index contributed by atoms with van der Waals surface area (Å²) in [4.78, 5) is 28.1. The number of carbonyl (C=O) groups is 2.